The first-order valence-corrected chi connectivity index (χ1v) is 6.70. The number of halogens is 1. The summed E-state index contributed by atoms with van der Waals surface area (Å²) in [5.74, 6) is 0.240. The molecule has 1 amide bonds. The maximum Gasteiger partial charge on any atom is 0.228 e. The van der Waals surface area contributed by atoms with Gasteiger partial charge in [-0.25, -0.2) is 0 Å². The summed E-state index contributed by atoms with van der Waals surface area (Å²) in [5, 5.41) is 2.99. The minimum Gasteiger partial charge on any atom is -0.325 e. The smallest absolute Gasteiger partial charge is 0.228 e. The third-order valence-corrected chi connectivity index (χ3v) is 3.82. The topological polar surface area (TPSA) is 32.3 Å². The van der Waals surface area contributed by atoms with Crippen molar-refractivity contribution < 1.29 is 4.79 Å². The number of hydrogen-bond acceptors (Lipinski definition) is 2. The van der Waals surface area contributed by atoms with Crippen molar-refractivity contribution >= 4 is 27.5 Å². The summed E-state index contributed by atoms with van der Waals surface area (Å²) in [6.45, 7) is 1.95. The molecule has 0 spiro atoms. The molecule has 1 fully saturated rings. The van der Waals surface area contributed by atoms with Gasteiger partial charge in [-0.05, 0) is 54.5 Å². The molecule has 1 aliphatic rings. The van der Waals surface area contributed by atoms with Crippen LogP contribution in [0.1, 0.15) is 12.8 Å². The van der Waals surface area contributed by atoms with E-state index in [0.29, 0.717) is 0 Å². The van der Waals surface area contributed by atoms with Crippen molar-refractivity contribution in [3.8, 4) is 0 Å². The summed E-state index contributed by atoms with van der Waals surface area (Å²) in [4.78, 5) is 14.3. The van der Waals surface area contributed by atoms with Gasteiger partial charge in [-0.1, -0.05) is 12.1 Å². The number of nitrogens with zero attached hydrogens (tertiary/aromatic N) is 1. The molecule has 92 valence electrons. The van der Waals surface area contributed by atoms with Crippen LogP contribution in [0.5, 0.6) is 0 Å². The highest BCUT2D eigenvalue weighted by Gasteiger charge is 2.24. The summed E-state index contributed by atoms with van der Waals surface area (Å²) in [6, 6.07) is 7.71. The number of benzene rings is 1. The number of rotatable bonds is 2. The Bertz CT molecular complexity index is 408. The molecule has 17 heavy (non-hydrogen) atoms. The predicted octanol–water partition coefficient (Wildman–Crippen LogP) is 2.73. The average Bonchev–Trinajstić information content (AvgIpc) is 2.32. The van der Waals surface area contributed by atoms with Crippen LogP contribution in [-0.2, 0) is 4.79 Å². The molecule has 3 nitrogen and oxygen atoms in total. The van der Waals surface area contributed by atoms with Crippen molar-refractivity contribution in [2.75, 3.05) is 25.5 Å². The van der Waals surface area contributed by atoms with Crippen LogP contribution in [-0.4, -0.2) is 30.9 Å². The number of para-hydroxylation sites is 1. The summed E-state index contributed by atoms with van der Waals surface area (Å²) in [7, 11) is 2.07. The van der Waals surface area contributed by atoms with Gasteiger partial charge in [0.2, 0.25) is 5.91 Å². The lowest BCUT2D eigenvalue weighted by Gasteiger charge is -2.28. The lowest BCUT2D eigenvalue weighted by atomic mass is 9.97. The van der Waals surface area contributed by atoms with E-state index in [1.54, 1.807) is 0 Å². The lowest BCUT2D eigenvalue weighted by molar-refractivity contribution is -0.121. The maximum absolute atomic E-state index is 12.1. The molecule has 1 aromatic rings. The molecule has 4 heteroatoms. The Hall–Kier alpha value is -0.870. The number of piperidine rings is 1. The fourth-order valence-corrected chi connectivity index (χ4v) is 2.56. The maximum atomic E-state index is 12.1. The van der Waals surface area contributed by atoms with Gasteiger partial charge in [0.25, 0.3) is 0 Å². The Morgan fingerprint density at radius 1 is 1.47 bits per heavy atom. The van der Waals surface area contributed by atoms with Gasteiger partial charge >= 0.3 is 0 Å². The number of likely N-dealkylation sites (tertiary alicyclic amines) is 1. The average molecular weight is 297 g/mol. The second-order valence-corrected chi connectivity index (χ2v) is 5.42. The summed E-state index contributed by atoms with van der Waals surface area (Å²) in [6.07, 6.45) is 2.09. The van der Waals surface area contributed by atoms with E-state index in [-0.39, 0.29) is 11.8 Å². The fourth-order valence-electron chi connectivity index (χ4n) is 2.18. The molecule has 1 atom stereocenters. The van der Waals surface area contributed by atoms with E-state index in [4.69, 9.17) is 0 Å². The zero-order valence-corrected chi connectivity index (χ0v) is 11.5. The largest absolute Gasteiger partial charge is 0.325 e. The van der Waals surface area contributed by atoms with E-state index in [9.17, 15) is 4.79 Å². The van der Waals surface area contributed by atoms with E-state index in [1.165, 1.54) is 0 Å². The van der Waals surface area contributed by atoms with Crippen molar-refractivity contribution in [2.45, 2.75) is 12.8 Å². The third kappa shape index (κ3) is 3.30. The van der Waals surface area contributed by atoms with Crippen LogP contribution in [0, 0.1) is 5.92 Å². The van der Waals surface area contributed by atoms with Gasteiger partial charge < -0.3 is 10.2 Å². The van der Waals surface area contributed by atoms with Crippen LogP contribution in [0.2, 0.25) is 0 Å². The SMILES string of the molecule is CN1CCCC(C(=O)Nc2ccccc2Br)C1. The molecule has 0 aliphatic carbocycles. The number of carbonyl (C=O) groups is 1. The molecule has 1 unspecified atom stereocenters. The molecule has 0 aromatic heterocycles. The number of nitrogens with one attached hydrogen (secondary N) is 1. The second kappa shape index (κ2) is 5.65. The van der Waals surface area contributed by atoms with Gasteiger partial charge in [-0.3, -0.25) is 4.79 Å². The van der Waals surface area contributed by atoms with Gasteiger partial charge in [0.05, 0.1) is 11.6 Å². The van der Waals surface area contributed by atoms with Gasteiger partial charge in [0, 0.05) is 11.0 Å². The third-order valence-electron chi connectivity index (χ3n) is 3.13. The minimum atomic E-state index is 0.112. The Morgan fingerprint density at radius 2 is 2.24 bits per heavy atom. The Labute approximate surface area is 110 Å². The van der Waals surface area contributed by atoms with Crippen LogP contribution < -0.4 is 5.32 Å². The standard InChI is InChI=1S/C13H17BrN2O/c1-16-8-4-5-10(9-16)13(17)15-12-7-3-2-6-11(12)14/h2-3,6-7,10H,4-5,8-9H2,1H3,(H,15,17). The molecule has 1 N–H and O–H groups in total. The predicted molar refractivity (Wildman–Crippen MR) is 73.0 cm³/mol. The molecule has 2 rings (SSSR count). The summed E-state index contributed by atoms with van der Waals surface area (Å²) < 4.78 is 0.928. The van der Waals surface area contributed by atoms with Crippen molar-refractivity contribution in [2.24, 2.45) is 5.92 Å². The number of anilines is 1. The highest BCUT2D eigenvalue weighted by molar-refractivity contribution is 9.10. The molecule has 0 saturated carbocycles. The highest BCUT2D eigenvalue weighted by atomic mass is 79.9. The van der Waals surface area contributed by atoms with Crippen molar-refractivity contribution in [3.05, 3.63) is 28.7 Å². The molecule has 1 saturated heterocycles. The highest BCUT2D eigenvalue weighted by Crippen LogP contribution is 2.23. The van der Waals surface area contributed by atoms with E-state index in [2.05, 4.69) is 33.2 Å². The zero-order chi connectivity index (χ0) is 12.3. The van der Waals surface area contributed by atoms with Gasteiger partial charge in [0.1, 0.15) is 0 Å². The minimum absolute atomic E-state index is 0.112. The first-order chi connectivity index (χ1) is 8.16. The van der Waals surface area contributed by atoms with E-state index < -0.39 is 0 Å². The number of hydrogen-bond donors (Lipinski definition) is 1. The molecule has 1 aromatic carbocycles. The van der Waals surface area contributed by atoms with E-state index in [1.807, 2.05) is 24.3 Å². The van der Waals surface area contributed by atoms with Crippen molar-refractivity contribution in [1.29, 1.82) is 0 Å². The molecule has 0 radical (unpaired) electrons. The Morgan fingerprint density at radius 3 is 2.94 bits per heavy atom. The van der Waals surface area contributed by atoms with E-state index in [0.717, 1.165) is 36.1 Å². The van der Waals surface area contributed by atoms with Crippen LogP contribution >= 0.6 is 15.9 Å². The molecule has 0 bridgehead atoms. The first kappa shape index (κ1) is 12.6. The van der Waals surface area contributed by atoms with Crippen molar-refractivity contribution in [1.82, 2.24) is 4.90 Å². The van der Waals surface area contributed by atoms with Crippen molar-refractivity contribution in [3.63, 3.8) is 0 Å². The Kier molecular flexibility index (Phi) is 4.18. The molecular weight excluding hydrogens is 280 g/mol. The molecule has 1 heterocycles. The fraction of sp³-hybridized carbons (Fsp3) is 0.462. The van der Waals surface area contributed by atoms with Crippen LogP contribution in [0.15, 0.2) is 28.7 Å². The van der Waals surface area contributed by atoms with Crippen LogP contribution in [0.3, 0.4) is 0 Å². The number of amides is 1. The van der Waals surface area contributed by atoms with Gasteiger partial charge in [-0.15, -0.1) is 0 Å². The lowest BCUT2D eigenvalue weighted by Crippen LogP contribution is -2.38. The first-order valence-electron chi connectivity index (χ1n) is 5.91. The van der Waals surface area contributed by atoms with Crippen LogP contribution in [0.4, 0.5) is 5.69 Å². The normalized spacial score (nSPS) is 21.2. The molecular formula is C13H17BrN2O. The Balaban J connectivity index is 1.99. The zero-order valence-electron chi connectivity index (χ0n) is 9.95. The van der Waals surface area contributed by atoms with Crippen LogP contribution in [0.25, 0.3) is 0 Å². The van der Waals surface area contributed by atoms with Gasteiger partial charge in [0.15, 0.2) is 0 Å². The van der Waals surface area contributed by atoms with Gasteiger partial charge in [-0.2, -0.15) is 0 Å². The van der Waals surface area contributed by atoms with E-state index >= 15 is 0 Å². The molecule has 1 aliphatic heterocycles. The monoisotopic (exact) mass is 296 g/mol. The summed E-state index contributed by atoms with van der Waals surface area (Å²) in [5.41, 5.74) is 0.853. The summed E-state index contributed by atoms with van der Waals surface area (Å²) >= 11 is 3.44. The second-order valence-electron chi connectivity index (χ2n) is 4.57. The quantitative estimate of drug-likeness (QED) is 0.910. The number of carbonyl (C=O) groups excluding carboxylic acids is 1.